The van der Waals surface area contributed by atoms with E-state index in [1.807, 2.05) is 12.1 Å². The average molecular weight is 507 g/mol. The van der Waals surface area contributed by atoms with E-state index in [0.717, 1.165) is 31.6 Å². The molecule has 178 valence electrons. The summed E-state index contributed by atoms with van der Waals surface area (Å²) in [5, 5.41) is 3.21. The average Bonchev–Trinajstić information content (AvgIpc) is 3.12. The number of nitrogens with one attached hydrogen (secondary N) is 1. The number of thiocarbonyl (C=S) groups is 1. The van der Waals surface area contributed by atoms with Crippen molar-refractivity contribution in [1.29, 1.82) is 0 Å². The number of carbonyl (C=O) groups is 3. The van der Waals surface area contributed by atoms with Crippen LogP contribution in [0.25, 0.3) is 0 Å². The summed E-state index contributed by atoms with van der Waals surface area (Å²) in [6, 6.07) is 8.89. The van der Waals surface area contributed by atoms with Crippen molar-refractivity contribution < 1.29 is 14.4 Å². The summed E-state index contributed by atoms with van der Waals surface area (Å²) in [5.41, 5.74) is 2.25. The summed E-state index contributed by atoms with van der Waals surface area (Å²) in [6.45, 7) is 2.07. The number of fused-ring (bicyclic) bond motifs is 1. The van der Waals surface area contributed by atoms with Crippen molar-refractivity contribution in [3.8, 4) is 0 Å². The van der Waals surface area contributed by atoms with Crippen LogP contribution < -0.4 is 10.2 Å². The molecule has 2 aromatic rings. The van der Waals surface area contributed by atoms with Gasteiger partial charge in [0.05, 0.1) is 22.4 Å². The maximum absolute atomic E-state index is 13.3. The normalized spacial score (nSPS) is 18.4. The zero-order valence-corrected chi connectivity index (χ0v) is 20.4. The Hall–Kier alpha value is -3.36. The lowest BCUT2D eigenvalue weighted by Crippen LogP contribution is -2.40. The number of aromatic nitrogens is 1. The lowest BCUT2D eigenvalue weighted by Gasteiger charge is -2.34. The molecule has 1 aromatic heterocycles. The van der Waals surface area contributed by atoms with Gasteiger partial charge in [0, 0.05) is 54.0 Å². The van der Waals surface area contributed by atoms with Crippen LogP contribution >= 0.6 is 23.8 Å². The third kappa shape index (κ3) is 4.63. The van der Waals surface area contributed by atoms with Crippen molar-refractivity contribution in [2.24, 2.45) is 5.92 Å². The Kier molecular flexibility index (Phi) is 6.49. The standard InChI is InChI=1S/C26H23ClN4O3S/c27-17-4-5-22(35)20(14-17)24(32)29-21-3-1-2-19-23(21)26(34)31(25(19)33)15-16-8-12-30(13-9-16)18-6-10-28-11-7-18/h1-4,6-7,10-11,14,16H,5,8-9,12-13,15H2,(H,29,32). The van der Waals surface area contributed by atoms with E-state index < -0.39 is 5.91 Å². The Balaban J connectivity index is 1.28. The van der Waals surface area contributed by atoms with Crippen molar-refractivity contribution in [1.82, 2.24) is 9.88 Å². The fourth-order valence-electron chi connectivity index (χ4n) is 4.75. The van der Waals surface area contributed by atoms with Crippen LogP contribution in [0, 0.1) is 5.92 Å². The maximum atomic E-state index is 13.3. The van der Waals surface area contributed by atoms with Crippen molar-refractivity contribution >= 4 is 57.8 Å². The van der Waals surface area contributed by atoms with Gasteiger partial charge in [-0.1, -0.05) is 36.0 Å². The molecule has 1 aliphatic carbocycles. The molecule has 0 spiro atoms. The van der Waals surface area contributed by atoms with Crippen molar-refractivity contribution in [3.05, 3.63) is 76.6 Å². The molecule has 1 N–H and O–H groups in total. The fourth-order valence-corrected chi connectivity index (χ4v) is 5.17. The molecular formula is C26H23ClN4O3S. The molecule has 3 amide bonds. The molecule has 0 radical (unpaired) electrons. The molecule has 3 aliphatic rings. The minimum atomic E-state index is -0.447. The molecule has 2 aliphatic heterocycles. The Morgan fingerprint density at radius 3 is 2.60 bits per heavy atom. The van der Waals surface area contributed by atoms with Crippen molar-refractivity contribution in [2.45, 2.75) is 19.3 Å². The van der Waals surface area contributed by atoms with Crippen LogP contribution in [0.3, 0.4) is 0 Å². The number of allylic oxidation sites excluding steroid dienone is 3. The third-order valence-corrected chi connectivity index (χ3v) is 7.29. The first-order valence-corrected chi connectivity index (χ1v) is 12.3. The topological polar surface area (TPSA) is 82.6 Å². The van der Waals surface area contributed by atoms with E-state index in [-0.39, 0.29) is 23.3 Å². The number of anilines is 2. The third-order valence-electron chi connectivity index (χ3n) is 6.64. The highest BCUT2D eigenvalue weighted by molar-refractivity contribution is 7.81. The molecule has 3 heterocycles. The number of benzene rings is 1. The predicted molar refractivity (Wildman–Crippen MR) is 139 cm³/mol. The zero-order valence-electron chi connectivity index (χ0n) is 18.9. The van der Waals surface area contributed by atoms with Gasteiger partial charge in [-0.2, -0.15) is 0 Å². The number of pyridine rings is 1. The van der Waals surface area contributed by atoms with Gasteiger partial charge in [-0.15, -0.1) is 0 Å². The highest BCUT2D eigenvalue weighted by Crippen LogP contribution is 2.32. The number of halogens is 1. The van der Waals surface area contributed by atoms with E-state index >= 15 is 0 Å². The maximum Gasteiger partial charge on any atom is 0.263 e. The summed E-state index contributed by atoms with van der Waals surface area (Å²) < 4.78 is 0. The second-order valence-corrected chi connectivity index (χ2v) is 9.74. The summed E-state index contributed by atoms with van der Waals surface area (Å²) in [6.07, 6.45) is 8.97. The van der Waals surface area contributed by atoms with Crippen molar-refractivity contribution in [3.63, 3.8) is 0 Å². The largest absolute Gasteiger partial charge is 0.371 e. The molecule has 7 nitrogen and oxygen atoms in total. The highest BCUT2D eigenvalue weighted by Gasteiger charge is 2.39. The van der Waals surface area contributed by atoms with Crippen LogP contribution in [-0.4, -0.2) is 52.1 Å². The van der Waals surface area contributed by atoms with Gasteiger partial charge < -0.3 is 10.2 Å². The first kappa shape index (κ1) is 23.4. The number of rotatable bonds is 5. The van der Waals surface area contributed by atoms with Gasteiger partial charge in [0.25, 0.3) is 17.7 Å². The Labute approximate surface area is 213 Å². The summed E-state index contributed by atoms with van der Waals surface area (Å²) >= 11 is 11.3. The summed E-state index contributed by atoms with van der Waals surface area (Å²) in [7, 11) is 0. The summed E-state index contributed by atoms with van der Waals surface area (Å²) in [5.74, 6) is -0.935. The lowest BCUT2D eigenvalue weighted by atomic mass is 9.96. The van der Waals surface area contributed by atoms with Crippen LogP contribution in [0.1, 0.15) is 40.0 Å². The monoisotopic (exact) mass is 506 g/mol. The molecule has 35 heavy (non-hydrogen) atoms. The van der Waals surface area contributed by atoms with Gasteiger partial charge in [-0.05, 0) is 49.1 Å². The number of piperidine rings is 1. The molecular weight excluding hydrogens is 484 g/mol. The van der Waals surface area contributed by atoms with Crippen LogP contribution in [0.2, 0.25) is 0 Å². The molecule has 9 heteroatoms. The lowest BCUT2D eigenvalue weighted by molar-refractivity contribution is -0.112. The number of hydrogen-bond donors (Lipinski definition) is 1. The first-order valence-electron chi connectivity index (χ1n) is 11.5. The molecule has 1 fully saturated rings. The molecule has 1 aromatic carbocycles. The minimum absolute atomic E-state index is 0.215. The second kappa shape index (κ2) is 9.71. The van der Waals surface area contributed by atoms with Crippen LogP contribution in [0.4, 0.5) is 11.4 Å². The molecule has 0 bridgehead atoms. The fraction of sp³-hybridized carbons (Fsp3) is 0.269. The highest BCUT2D eigenvalue weighted by atomic mass is 35.5. The van der Waals surface area contributed by atoms with Crippen LogP contribution in [0.15, 0.2) is 65.5 Å². The molecule has 0 unspecified atom stereocenters. The van der Waals surface area contributed by atoms with Gasteiger partial charge in [-0.3, -0.25) is 24.3 Å². The van der Waals surface area contributed by atoms with Gasteiger partial charge in [-0.25, -0.2) is 0 Å². The van der Waals surface area contributed by atoms with Gasteiger partial charge in [0.15, 0.2) is 0 Å². The quantitative estimate of drug-likeness (QED) is 0.479. The van der Waals surface area contributed by atoms with Crippen LogP contribution in [0.5, 0.6) is 0 Å². The van der Waals surface area contributed by atoms with Crippen LogP contribution in [-0.2, 0) is 4.79 Å². The minimum Gasteiger partial charge on any atom is -0.371 e. The van der Waals surface area contributed by atoms with E-state index in [2.05, 4.69) is 15.2 Å². The van der Waals surface area contributed by atoms with E-state index in [1.165, 1.54) is 11.0 Å². The smallest absolute Gasteiger partial charge is 0.263 e. The molecule has 0 atom stereocenters. The Morgan fingerprint density at radius 2 is 1.86 bits per heavy atom. The summed E-state index contributed by atoms with van der Waals surface area (Å²) in [4.78, 5) is 47.5. The van der Waals surface area contributed by atoms with E-state index in [9.17, 15) is 14.4 Å². The number of amides is 3. The van der Waals surface area contributed by atoms with Crippen molar-refractivity contribution in [2.75, 3.05) is 29.9 Å². The number of imide groups is 1. The number of carbonyl (C=O) groups excluding carboxylic acids is 3. The molecule has 1 saturated heterocycles. The molecule has 5 rings (SSSR count). The Bertz CT molecular complexity index is 1280. The number of nitrogens with zero attached hydrogens (tertiary/aromatic N) is 3. The van der Waals surface area contributed by atoms with E-state index in [1.54, 1.807) is 36.7 Å². The van der Waals surface area contributed by atoms with Gasteiger partial charge in [0.1, 0.15) is 0 Å². The Morgan fingerprint density at radius 1 is 1.11 bits per heavy atom. The van der Waals surface area contributed by atoms with Gasteiger partial charge in [0.2, 0.25) is 0 Å². The SMILES string of the molecule is O=C(Nc1cccc2c1C(=O)N(CC1CCN(c3ccncc3)CC1)C2=O)C1=CC(Cl)=CCC1=S. The van der Waals surface area contributed by atoms with E-state index in [0.29, 0.717) is 39.7 Å². The first-order chi connectivity index (χ1) is 16.9. The van der Waals surface area contributed by atoms with Gasteiger partial charge >= 0.3 is 0 Å². The van der Waals surface area contributed by atoms with E-state index in [4.69, 9.17) is 23.8 Å². The molecule has 0 saturated carbocycles. The second-order valence-electron chi connectivity index (χ2n) is 8.81. The zero-order chi connectivity index (χ0) is 24.5. The number of hydrogen-bond acceptors (Lipinski definition) is 6. The predicted octanol–water partition coefficient (Wildman–Crippen LogP) is 4.36.